The maximum Gasteiger partial charge on any atom is 0.256 e. The van der Waals surface area contributed by atoms with Crippen LogP contribution in [0.5, 0.6) is 11.5 Å². The number of amides is 1. The van der Waals surface area contributed by atoms with Crippen LogP contribution in [0.3, 0.4) is 0 Å². The summed E-state index contributed by atoms with van der Waals surface area (Å²) in [6.07, 6.45) is 5.52. The van der Waals surface area contributed by atoms with Crippen LogP contribution in [0.1, 0.15) is 23.2 Å². The summed E-state index contributed by atoms with van der Waals surface area (Å²) in [4.78, 5) is 20.9. The molecule has 9 nitrogen and oxygen atoms in total. The summed E-state index contributed by atoms with van der Waals surface area (Å²) < 4.78 is 6.13. The van der Waals surface area contributed by atoms with Crippen molar-refractivity contribution in [1.29, 1.82) is 0 Å². The zero-order valence-corrected chi connectivity index (χ0v) is 17.3. The van der Waals surface area contributed by atoms with Gasteiger partial charge in [-0.15, -0.1) is 0 Å². The molecule has 0 bridgehead atoms. The zero-order chi connectivity index (χ0) is 21.8. The smallest absolute Gasteiger partial charge is 0.256 e. The molecule has 1 amide bonds. The van der Waals surface area contributed by atoms with E-state index < -0.39 is 0 Å². The second kappa shape index (κ2) is 9.03. The Bertz CT molecular complexity index is 1200. The molecule has 4 heterocycles. The molecule has 0 aliphatic carbocycles. The molecular weight excluding hydrogens is 406 g/mol. The monoisotopic (exact) mass is 429 g/mol. The number of carbonyl (C=O) groups excluding carboxylic acids is 1. The van der Waals surface area contributed by atoms with Crippen molar-refractivity contribution >= 4 is 28.6 Å². The fourth-order valence-corrected chi connectivity index (χ4v) is 3.71. The first kappa shape index (κ1) is 20.0. The van der Waals surface area contributed by atoms with Gasteiger partial charge >= 0.3 is 0 Å². The molecule has 1 atom stereocenters. The van der Waals surface area contributed by atoms with Crippen LogP contribution in [0.2, 0.25) is 0 Å². The van der Waals surface area contributed by atoms with Gasteiger partial charge in [0, 0.05) is 36.6 Å². The lowest BCUT2D eigenvalue weighted by Crippen LogP contribution is -2.38. The van der Waals surface area contributed by atoms with Crippen LogP contribution in [0.15, 0.2) is 60.9 Å². The topological polar surface area (TPSA) is 117 Å². The predicted molar refractivity (Wildman–Crippen MR) is 122 cm³/mol. The number of nitrogens with one attached hydrogen (secondary N) is 4. The zero-order valence-electron chi connectivity index (χ0n) is 17.3. The van der Waals surface area contributed by atoms with E-state index in [-0.39, 0.29) is 5.91 Å². The van der Waals surface area contributed by atoms with Gasteiger partial charge in [0.15, 0.2) is 11.5 Å². The molecular formula is C23H23N7O2. The highest BCUT2D eigenvalue weighted by Gasteiger charge is 2.18. The van der Waals surface area contributed by atoms with Crippen LogP contribution in [-0.4, -0.2) is 45.2 Å². The summed E-state index contributed by atoms with van der Waals surface area (Å²) in [6, 6.07) is 14.4. The van der Waals surface area contributed by atoms with Gasteiger partial charge in [0.25, 0.3) is 5.91 Å². The Morgan fingerprint density at radius 3 is 2.75 bits per heavy atom. The quantitative estimate of drug-likeness (QED) is 0.370. The summed E-state index contributed by atoms with van der Waals surface area (Å²) in [5.74, 6) is 2.25. The van der Waals surface area contributed by atoms with E-state index in [0.29, 0.717) is 34.6 Å². The van der Waals surface area contributed by atoms with Gasteiger partial charge in [0.1, 0.15) is 22.7 Å². The van der Waals surface area contributed by atoms with Gasteiger partial charge in [-0.25, -0.2) is 9.97 Å². The number of H-pyrrole nitrogens is 1. The van der Waals surface area contributed by atoms with Crippen molar-refractivity contribution in [2.75, 3.05) is 23.7 Å². The van der Waals surface area contributed by atoms with Crippen LogP contribution >= 0.6 is 0 Å². The second-order valence-corrected chi connectivity index (χ2v) is 7.59. The SMILES string of the molecule is O=C(Nc1ccccn1)c1ccc(Oc2ccnc3[nH]nc(NC4CCCNC4)c23)cc1. The van der Waals surface area contributed by atoms with E-state index in [2.05, 4.69) is 36.1 Å². The summed E-state index contributed by atoms with van der Waals surface area (Å²) in [5.41, 5.74) is 1.17. The molecule has 0 spiro atoms. The van der Waals surface area contributed by atoms with E-state index in [1.807, 2.05) is 12.1 Å². The van der Waals surface area contributed by atoms with E-state index in [1.165, 1.54) is 0 Å². The molecule has 1 fully saturated rings. The minimum absolute atomic E-state index is 0.232. The molecule has 1 aliphatic rings. The largest absolute Gasteiger partial charge is 0.456 e. The predicted octanol–water partition coefficient (Wildman–Crippen LogP) is 3.56. The normalized spacial score (nSPS) is 15.9. The van der Waals surface area contributed by atoms with Crippen molar-refractivity contribution in [2.45, 2.75) is 18.9 Å². The van der Waals surface area contributed by atoms with Gasteiger partial charge in [-0.1, -0.05) is 6.07 Å². The van der Waals surface area contributed by atoms with Gasteiger partial charge in [0.05, 0.1) is 0 Å². The van der Waals surface area contributed by atoms with E-state index in [1.54, 1.807) is 48.8 Å². The number of carbonyl (C=O) groups is 1. The molecule has 5 rings (SSSR count). The van der Waals surface area contributed by atoms with Gasteiger partial charge < -0.3 is 20.7 Å². The maximum atomic E-state index is 12.4. The van der Waals surface area contributed by atoms with Crippen LogP contribution in [0.25, 0.3) is 11.0 Å². The van der Waals surface area contributed by atoms with Gasteiger partial charge in [-0.3, -0.25) is 9.89 Å². The highest BCUT2D eigenvalue weighted by atomic mass is 16.5. The standard InChI is InChI=1S/C23H23N7O2/c31-23(28-19-5-1-2-12-25-19)15-6-8-17(9-7-15)32-18-10-13-26-21-20(18)22(30-29-21)27-16-4-3-11-24-14-16/h1-2,5-10,12-13,16,24H,3-4,11,14H2,(H,25,28,31)(H2,26,27,29,30). The number of pyridine rings is 2. The molecule has 4 aromatic rings. The van der Waals surface area contributed by atoms with E-state index in [4.69, 9.17) is 4.74 Å². The van der Waals surface area contributed by atoms with E-state index >= 15 is 0 Å². The van der Waals surface area contributed by atoms with E-state index in [9.17, 15) is 4.79 Å². The molecule has 1 saturated heterocycles. The summed E-state index contributed by atoms with van der Waals surface area (Å²) in [5, 5.41) is 17.8. The third kappa shape index (κ3) is 4.37. The number of fused-ring (bicyclic) bond motifs is 1. The Hall–Kier alpha value is -3.98. The van der Waals surface area contributed by atoms with Crippen LogP contribution in [0.4, 0.5) is 11.6 Å². The number of ether oxygens (including phenoxy) is 1. The maximum absolute atomic E-state index is 12.4. The van der Waals surface area contributed by atoms with Crippen molar-refractivity contribution in [3.05, 3.63) is 66.5 Å². The number of piperidine rings is 1. The Morgan fingerprint density at radius 1 is 1.06 bits per heavy atom. The lowest BCUT2D eigenvalue weighted by Gasteiger charge is -2.23. The molecule has 0 radical (unpaired) electrons. The van der Waals surface area contributed by atoms with Gasteiger partial charge in [-0.05, 0) is 55.8 Å². The number of anilines is 2. The van der Waals surface area contributed by atoms with Gasteiger partial charge in [0.2, 0.25) is 0 Å². The molecule has 4 N–H and O–H groups in total. The number of aromatic amines is 1. The van der Waals surface area contributed by atoms with Crippen molar-refractivity contribution in [1.82, 2.24) is 25.5 Å². The average molecular weight is 429 g/mol. The number of aromatic nitrogens is 4. The Kier molecular flexibility index (Phi) is 5.63. The lowest BCUT2D eigenvalue weighted by atomic mass is 10.1. The summed E-state index contributed by atoms with van der Waals surface area (Å²) in [7, 11) is 0. The Morgan fingerprint density at radius 2 is 1.97 bits per heavy atom. The lowest BCUT2D eigenvalue weighted by molar-refractivity contribution is 0.102. The fraction of sp³-hybridized carbons (Fsp3) is 0.217. The molecule has 32 heavy (non-hydrogen) atoms. The van der Waals surface area contributed by atoms with Crippen LogP contribution in [-0.2, 0) is 0 Å². The highest BCUT2D eigenvalue weighted by molar-refractivity contribution is 6.03. The fourth-order valence-electron chi connectivity index (χ4n) is 3.71. The number of hydrogen-bond acceptors (Lipinski definition) is 7. The minimum Gasteiger partial charge on any atom is -0.456 e. The van der Waals surface area contributed by atoms with Crippen molar-refractivity contribution < 1.29 is 9.53 Å². The number of rotatable bonds is 6. The second-order valence-electron chi connectivity index (χ2n) is 7.59. The first-order valence-electron chi connectivity index (χ1n) is 10.6. The van der Waals surface area contributed by atoms with Crippen molar-refractivity contribution in [3.8, 4) is 11.5 Å². The Labute approximate surface area is 184 Å². The molecule has 3 aromatic heterocycles. The number of hydrogen-bond donors (Lipinski definition) is 4. The van der Waals surface area contributed by atoms with Crippen LogP contribution in [0, 0.1) is 0 Å². The molecule has 9 heteroatoms. The molecule has 1 aliphatic heterocycles. The van der Waals surface area contributed by atoms with E-state index in [0.717, 1.165) is 37.1 Å². The number of nitrogens with zero attached hydrogens (tertiary/aromatic N) is 3. The third-order valence-electron chi connectivity index (χ3n) is 5.31. The molecule has 162 valence electrons. The van der Waals surface area contributed by atoms with Crippen molar-refractivity contribution in [2.24, 2.45) is 0 Å². The minimum atomic E-state index is -0.232. The van der Waals surface area contributed by atoms with Gasteiger partial charge in [-0.2, -0.15) is 5.10 Å². The molecule has 0 saturated carbocycles. The molecule has 1 aromatic carbocycles. The summed E-state index contributed by atoms with van der Waals surface area (Å²) in [6.45, 7) is 1.94. The van der Waals surface area contributed by atoms with Crippen LogP contribution < -0.4 is 20.7 Å². The highest BCUT2D eigenvalue weighted by Crippen LogP contribution is 2.33. The molecule has 1 unspecified atom stereocenters. The number of benzene rings is 1. The average Bonchev–Trinajstić information content (AvgIpc) is 3.24. The Balaban J connectivity index is 1.33. The first-order valence-corrected chi connectivity index (χ1v) is 10.6. The summed E-state index contributed by atoms with van der Waals surface area (Å²) >= 11 is 0. The van der Waals surface area contributed by atoms with Crippen molar-refractivity contribution in [3.63, 3.8) is 0 Å². The third-order valence-corrected chi connectivity index (χ3v) is 5.31. The first-order chi connectivity index (χ1) is 15.8.